The summed E-state index contributed by atoms with van der Waals surface area (Å²) in [6.45, 7) is 6.16. The molecule has 5 heteroatoms. The predicted octanol–water partition coefficient (Wildman–Crippen LogP) is 0.724. The van der Waals surface area contributed by atoms with Crippen molar-refractivity contribution in [3.8, 4) is 0 Å². The molecule has 0 atom stereocenters. The normalized spacial score (nSPS) is 13.1. The highest BCUT2D eigenvalue weighted by Gasteiger charge is 2.19. The monoisotopic (exact) mass is 223 g/mol. The number of nitrogens with one attached hydrogen (secondary N) is 1. The van der Waals surface area contributed by atoms with Crippen LogP contribution >= 0.6 is 0 Å². The smallest absolute Gasteiger partial charge is 0.211 e. The number of aliphatic hydroxyl groups excluding tert-OH is 1. The van der Waals surface area contributed by atoms with Crippen LogP contribution in [0.5, 0.6) is 0 Å². The molecule has 14 heavy (non-hydrogen) atoms. The maximum absolute atomic E-state index is 11.3. The fourth-order valence-electron chi connectivity index (χ4n) is 1.04. The van der Waals surface area contributed by atoms with Crippen molar-refractivity contribution in [2.24, 2.45) is 5.41 Å². The highest BCUT2D eigenvalue weighted by Crippen LogP contribution is 2.18. The van der Waals surface area contributed by atoms with Gasteiger partial charge in [0.2, 0.25) is 10.0 Å². The van der Waals surface area contributed by atoms with Gasteiger partial charge in [-0.2, -0.15) is 0 Å². The molecule has 0 aliphatic heterocycles. The molecular formula is C9H21NO3S. The molecule has 0 aromatic heterocycles. The molecule has 0 aliphatic carbocycles. The minimum atomic E-state index is -3.11. The Bertz CT molecular complexity index is 247. The van der Waals surface area contributed by atoms with E-state index in [4.69, 9.17) is 5.11 Å². The standard InChI is InChI=1S/C9H21NO3S/c1-4-7-14(12,13)10-8-9(2,3)5-6-11/h10-11H,4-8H2,1-3H3. The van der Waals surface area contributed by atoms with E-state index in [0.717, 1.165) is 0 Å². The summed E-state index contributed by atoms with van der Waals surface area (Å²) in [7, 11) is -3.11. The third kappa shape index (κ3) is 6.34. The summed E-state index contributed by atoms with van der Waals surface area (Å²) in [5.74, 6) is 0.169. The van der Waals surface area contributed by atoms with Crippen LogP contribution in [0, 0.1) is 5.41 Å². The van der Waals surface area contributed by atoms with Crippen molar-refractivity contribution in [2.75, 3.05) is 18.9 Å². The van der Waals surface area contributed by atoms with Gasteiger partial charge in [0.25, 0.3) is 0 Å². The first kappa shape index (κ1) is 13.9. The number of hydrogen-bond donors (Lipinski definition) is 2. The molecule has 0 aromatic carbocycles. The van der Waals surface area contributed by atoms with Crippen LogP contribution in [0.3, 0.4) is 0 Å². The first-order valence-corrected chi connectivity index (χ1v) is 6.56. The van der Waals surface area contributed by atoms with E-state index in [0.29, 0.717) is 19.4 Å². The average molecular weight is 223 g/mol. The van der Waals surface area contributed by atoms with Crippen molar-refractivity contribution < 1.29 is 13.5 Å². The van der Waals surface area contributed by atoms with Crippen LogP contribution in [0.2, 0.25) is 0 Å². The van der Waals surface area contributed by atoms with Crippen LogP contribution in [0.25, 0.3) is 0 Å². The SMILES string of the molecule is CCCS(=O)(=O)NCC(C)(C)CCO. The van der Waals surface area contributed by atoms with Crippen molar-refractivity contribution >= 4 is 10.0 Å². The van der Waals surface area contributed by atoms with E-state index in [1.54, 1.807) is 0 Å². The predicted molar refractivity (Wildman–Crippen MR) is 57.6 cm³/mol. The van der Waals surface area contributed by atoms with Crippen molar-refractivity contribution in [1.29, 1.82) is 0 Å². The van der Waals surface area contributed by atoms with Crippen molar-refractivity contribution in [3.63, 3.8) is 0 Å². The lowest BCUT2D eigenvalue weighted by atomic mass is 9.90. The van der Waals surface area contributed by atoms with Crippen LogP contribution in [0.15, 0.2) is 0 Å². The summed E-state index contributed by atoms with van der Waals surface area (Å²) in [5.41, 5.74) is -0.185. The van der Waals surface area contributed by atoms with Gasteiger partial charge in [-0.3, -0.25) is 0 Å². The molecule has 0 fully saturated rings. The third-order valence-corrected chi connectivity index (χ3v) is 3.56. The molecule has 0 saturated carbocycles. The van der Waals surface area contributed by atoms with Gasteiger partial charge in [-0.25, -0.2) is 13.1 Å². The van der Waals surface area contributed by atoms with Crippen LogP contribution < -0.4 is 4.72 Å². The molecule has 0 radical (unpaired) electrons. The van der Waals surface area contributed by atoms with Gasteiger partial charge in [-0.15, -0.1) is 0 Å². The van der Waals surface area contributed by atoms with Gasteiger partial charge in [0, 0.05) is 13.2 Å². The largest absolute Gasteiger partial charge is 0.396 e. The van der Waals surface area contributed by atoms with Crippen LogP contribution in [-0.2, 0) is 10.0 Å². The van der Waals surface area contributed by atoms with Crippen molar-refractivity contribution in [2.45, 2.75) is 33.6 Å². The second kappa shape index (κ2) is 5.68. The summed E-state index contributed by atoms with van der Waals surface area (Å²) in [6, 6.07) is 0. The maximum atomic E-state index is 11.3. The van der Waals surface area contributed by atoms with Gasteiger partial charge in [-0.05, 0) is 18.3 Å². The zero-order valence-electron chi connectivity index (χ0n) is 9.21. The second-order valence-corrected chi connectivity index (χ2v) is 6.20. The molecular weight excluding hydrogens is 202 g/mol. The molecule has 86 valence electrons. The minimum Gasteiger partial charge on any atom is -0.396 e. The van der Waals surface area contributed by atoms with E-state index < -0.39 is 10.0 Å². The Balaban J connectivity index is 4.04. The van der Waals surface area contributed by atoms with Gasteiger partial charge in [0.15, 0.2) is 0 Å². The van der Waals surface area contributed by atoms with E-state index in [1.807, 2.05) is 20.8 Å². The molecule has 0 heterocycles. The third-order valence-electron chi connectivity index (χ3n) is 2.03. The molecule has 0 aromatic rings. The van der Waals surface area contributed by atoms with Crippen molar-refractivity contribution in [1.82, 2.24) is 4.72 Å². The quantitative estimate of drug-likeness (QED) is 0.668. The lowest BCUT2D eigenvalue weighted by Crippen LogP contribution is -2.35. The van der Waals surface area contributed by atoms with Gasteiger partial charge in [0.05, 0.1) is 5.75 Å². The summed E-state index contributed by atoms with van der Waals surface area (Å²) in [4.78, 5) is 0. The fraction of sp³-hybridized carbons (Fsp3) is 1.00. The van der Waals surface area contributed by atoms with Crippen LogP contribution in [-0.4, -0.2) is 32.4 Å². The molecule has 0 spiro atoms. The van der Waals surface area contributed by atoms with E-state index >= 15 is 0 Å². The Morgan fingerprint density at radius 1 is 1.36 bits per heavy atom. The molecule has 0 rings (SSSR count). The van der Waals surface area contributed by atoms with Gasteiger partial charge < -0.3 is 5.11 Å². The Labute approximate surface area is 86.8 Å². The zero-order valence-corrected chi connectivity index (χ0v) is 10.0. The number of hydrogen-bond acceptors (Lipinski definition) is 3. The molecule has 0 bridgehead atoms. The molecule has 0 saturated heterocycles. The lowest BCUT2D eigenvalue weighted by Gasteiger charge is -2.23. The van der Waals surface area contributed by atoms with E-state index in [-0.39, 0.29) is 17.8 Å². The average Bonchev–Trinajstić information content (AvgIpc) is 2.01. The second-order valence-electron chi connectivity index (χ2n) is 4.28. The number of aliphatic hydroxyl groups is 1. The van der Waals surface area contributed by atoms with Crippen LogP contribution in [0.4, 0.5) is 0 Å². The summed E-state index contributed by atoms with van der Waals surface area (Å²) in [5, 5.41) is 8.76. The molecule has 2 N–H and O–H groups in total. The molecule has 0 unspecified atom stereocenters. The highest BCUT2D eigenvalue weighted by molar-refractivity contribution is 7.89. The summed E-state index contributed by atoms with van der Waals surface area (Å²) in [6.07, 6.45) is 1.22. The van der Waals surface area contributed by atoms with Crippen LogP contribution in [0.1, 0.15) is 33.6 Å². The Morgan fingerprint density at radius 3 is 2.36 bits per heavy atom. The Hall–Kier alpha value is -0.130. The first-order valence-electron chi connectivity index (χ1n) is 4.91. The molecule has 0 aliphatic rings. The summed E-state index contributed by atoms with van der Waals surface area (Å²) >= 11 is 0. The maximum Gasteiger partial charge on any atom is 0.211 e. The van der Waals surface area contributed by atoms with Crippen molar-refractivity contribution in [3.05, 3.63) is 0 Å². The van der Waals surface area contributed by atoms with E-state index in [2.05, 4.69) is 4.72 Å². The fourth-order valence-corrected chi connectivity index (χ4v) is 2.33. The first-order chi connectivity index (χ1) is 6.33. The summed E-state index contributed by atoms with van der Waals surface area (Å²) < 4.78 is 25.2. The van der Waals surface area contributed by atoms with Gasteiger partial charge >= 0.3 is 0 Å². The van der Waals surface area contributed by atoms with E-state index in [9.17, 15) is 8.42 Å². The minimum absolute atomic E-state index is 0.0858. The zero-order chi connectivity index (χ0) is 11.2. The molecule has 4 nitrogen and oxygen atoms in total. The Morgan fingerprint density at radius 2 is 1.93 bits per heavy atom. The number of rotatable bonds is 7. The highest BCUT2D eigenvalue weighted by atomic mass is 32.2. The Kier molecular flexibility index (Phi) is 5.63. The van der Waals surface area contributed by atoms with Gasteiger partial charge in [0.1, 0.15) is 0 Å². The van der Waals surface area contributed by atoms with E-state index in [1.165, 1.54) is 0 Å². The molecule has 0 amide bonds. The topological polar surface area (TPSA) is 66.4 Å². The van der Waals surface area contributed by atoms with Gasteiger partial charge in [-0.1, -0.05) is 20.8 Å². The lowest BCUT2D eigenvalue weighted by molar-refractivity contribution is 0.213. The number of sulfonamides is 1.